The van der Waals surface area contributed by atoms with Crippen LogP contribution < -0.4 is 0 Å². The maximum Gasteiger partial charge on any atom is 0.186 e. The highest BCUT2D eigenvalue weighted by molar-refractivity contribution is 5.17. The van der Waals surface area contributed by atoms with E-state index in [1.807, 2.05) is 0 Å². The van der Waals surface area contributed by atoms with E-state index in [1.165, 1.54) is 0 Å². The third-order valence-electron chi connectivity index (χ3n) is 12.5. The van der Waals surface area contributed by atoms with Crippen molar-refractivity contribution in [1.82, 2.24) is 0 Å². The van der Waals surface area contributed by atoms with Crippen LogP contribution in [0.1, 0.15) is 79.1 Å². The SMILES string of the molecule is C[C@@]1(CO[C@@H]2O[C@H](CO)[C@@H](O)[C@H](O)[C@H]2O)[C@H]2CC[C@]3(C)[C@H](CC[C@@H]4[C@H](O)CC[C@]43C)[C@]2(C)CC[C@H]1O. The topological polar surface area (TPSA) is 140 Å². The van der Waals surface area contributed by atoms with Crippen LogP contribution in [0.3, 0.4) is 0 Å². The molecule has 208 valence electrons. The predicted octanol–water partition coefficient (Wildman–Crippen LogP) is 1.57. The summed E-state index contributed by atoms with van der Waals surface area (Å²) < 4.78 is 11.7. The highest BCUT2D eigenvalue weighted by Crippen LogP contribution is 2.74. The van der Waals surface area contributed by atoms with E-state index in [1.54, 1.807) is 0 Å². The Morgan fingerprint density at radius 1 is 0.750 bits per heavy atom. The van der Waals surface area contributed by atoms with Crippen molar-refractivity contribution in [2.75, 3.05) is 13.2 Å². The number of fused-ring (bicyclic) bond motifs is 5. The third kappa shape index (κ3) is 3.62. The summed E-state index contributed by atoms with van der Waals surface area (Å²) in [6.07, 6.45) is 0.459. The van der Waals surface area contributed by atoms with E-state index in [0.717, 1.165) is 44.9 Å². The lowest BCUT2D eigenvalue weighted by Gasteiger charge is -2.70. The molecule has 0 spiro atoms. The molecule has 0 aromatic rings. The number of ether oxygens (including phenoxy) is 2. The van der Waals surface area contributed by atoms with Crippen molar-refractivity contribution in [1.29, 1.82) is 0 Å². The summed E-state index contributed by atoms with van der Waals surface area (Å²) in [5, 5.41) is 62.4. The van der Waals surface area contributed by atoms with Gasteiger partial charge in [0, 0.05) is 5.41 Å². The first kappa shape index (κ1) is 27.3. The van der Waals surface area contributed by atoms with E-state index < -0.39 is 48.8 Å². The lowest BCUT2D eigenvalue weighted by molar-refractivity contribution is -0.316. The minimum Gasteiger partial charge on any atom is -0.394 e. The minimum atomic E-state index is -1.48. The zero-order valence-corrected chi connectivity index (χ0v) is 22.3. The molecule has 4 aliphatic carbocycles. The van der Waals surface area contributed by atoms with Crippen molar-refractivity contribution >= 4 is 0 Å². The minimum absolute atomic E-state index is 0.0151. The van der Waals surface area contributed by atoms with Gasteiger partial charge in [-0.1, -0.05) is 27.7 Å². The van der Waals surface area contributed by atoms with Crippen LogP contribution in [0.25, 0.3) is 0 Å². The monoisotopic (exact) mass is 512 g/mol. The van der Waals surface area contributed by atoms with Crippen molar-refractivity contribution in [3.05, 3.63) is 0 Å². The Hall–Kier alpha value is -0.320. The van der Waals surface area contributed by atoms with Gasteiger partial charge in [0.25, 0.3) is 0 Å². The molecule has 6 N–H and O–H groups in total. The molecule has 1 aliphatic heterocycles. The van der Waals surface area contributed by atoms with Gasteiger partial charge in [-0.05, 0) is 85.4 Å². The molecule has 1 saturated heterocycles. The Kier molecular flexibility index (Phi) is 6.90. The van der Waals surface area contributed by atoms with Gasteiger partial charge in [0.05, 0.1) is 25.4 Å². The second-order valence-electron chi connectivity index (χ2n) is 13.8. The van der Waals surface area contributed by atoms with Crippen LogP contribution in [-0.2, 0) is 9.47 Å². The number of aliphatic hydroxyl groups is 6. The molecule has 36 heavy (non-hydrogen) atoms. The largest absolute Gasteiger partial charge is 0.394 e. The summed E-state index contributed by atoms with van der Waals surface area (Å²) in [6.45, 7) is 9.03. The average molecular weight is 513 g/mol. The van der Waals surface area contributed by atoms with Crippen molar-refractivity contribution in [3.8, 4) is 0 Å². The Morgan fingerprint density at radius 2 is 1.44 bits per heavy atom. The molecule has 0 aromatic heterocycles. The van der Waals surface area contributed by atoms with Crippen LogP contribution >= 0.6 is 0 Å². The molecule has 0 amide bonds. The first-order valence-corrected chi connectivity index (χ1v) is 14.1. The van der Waals surface area contributed by atoms with Gasteiger partial charge in [0.2, 0.25) is 0 Å². The molecule has 5 rings (SSSR count). The molecule has 4 saturated carbocycles. The lowest BCUT2D eigenvalue weighted by Crippen LogP contribution is -2.65. The van der Waals surface area contributed by atoms with Crippen molar-refractivity contribution < 1.29 is 40.1 Å². The van der Waals surface area contributed by atoms with Crippen LogP contribution in [-0.4, -0.2) is 86.8 Å². The zero-order chi connectivity index (χ0) is 26.3. The summed E-state index contributed by atoms with van der Waals surface area (Å²) in [4.78, 5) is 0. The predicted molar refractivity (Wildman–Crippen MR) is 132 cm³/mol. The van der Waals surface area contributed by atoms with E-state index >= 15 is 0 Å². The smallest absolute Gasteiger partial charge is 0.186 e. The summed E-state index contributed by atoms with van der Waals surface area (Å²) in [5.74, 6) is 1.08. The molecular formula is C28H48O8. The molecule has 14 atom stereocenters. The van der Waals surface area contributed by atoms with Gasteiger partial charge in [-0.15, -0.1) is 0 Å². The number of hydrogen-bond donors (Lipinski definition) is 6. The molecule has 0 radical (unpaired) electrons. The number of aliphatic hydroxyl groups excluding tert-OH is 6. The first-order valence-electron chi connectivity index (χ1n) is 14.1. The molecular weight excluding hydrogens is 464 g/mol. The van der Waals surface area contributed by atoms with Gasteiger partial charge < -0.3 is 40.1 Å². The van der Waals surface area contributed by atoms with E-state index in [-0.39, 0.29) is 34.9 Å². The first-order chi connectivity index (χ1) is 16.8. The van der Waals surface area contributed by atoms with Crippen LogP contribution in [0.5, 0.6) is 0 Å². The highest BCUT2D eigenvalue weighted by Gasteiger charge is 2.69. The molecule has 8 nitrogen and oxygen atoms in total. The Bertz CT molecular complexity index is 823. The molecule has 0 bridgehead atoms. The Labute approximate surface area is 215 Å². The van der Waals surface area contributed by atoms with Gasteiger partial charge in [-0.3, -0.25) is 0 Å². The van der Waals surface area contributed by atoms with E-state index in [4.69, 9.17) is 9.47 Å². The van der Waals surface area contributed by atoms with Gasteiger partial charge in [0.15, 0.2) is 6.29 Å². The van der Waals surface area contributed by atoms with E-state index in [0.29, 0.717) is 18.3 Å². The van der Waals surface area contributed by atoms with Crippen LogP contribution in [0, 0.1) is 39.4 Å². The standard InChI is InChI=1S/C28H48O8/c1-25-10-9-20(31)26(2,14-35-24-23(34)22(33)21(32)17(13-29)36-24)18(25)8-12-28(4)19(25)6-5-15-16(30)7-11-27(15,28)3/h15-24,29-34H,5-14H2,1-4H3/t15-,16-,17-,18+,19-,20-,21-,22+,23-,24-,25-,26-,27-,28-/m1/s1. The molecule has 5 fully saturated rings. The van der Waals surface area contributed by atoms with Crippen molar-refractivity contribution in [3.63, 3.8) is 0 Å². The van der Waals surface area contributed by atoms with Crippen LogP contribution in [0.4, 0.5) is 0 Å². The zero-order valence-electron chi connectivity index (χ0n) is 22.3. The van der Waals surface area contributed by atoms with Crippen molar-refractivity contribution in [2.24, 2.45) is 39.4 Å². The molecule has 0 aromatic carbocycles. The van der Waals surface area contributed by atoms with E-state index in [9.17, 15) is 30.6 Å². The summed E-state index contributed by atoms with van der Waals surface area (Å²) in [7, 11) is 0. The second-order valence-corrected chi connectivity index (χ2v) is 13.8. The summed E-state index contributed by atoms with van der Waals surface area (Å²) in [6, 6.07) is 0. The fraction of sp³-hybridized carbons (Fsp3) is 1.00. The number of rotatable bonds is 4. The molecule has 0 unspecified atom stereocenters. The average Bonchev–Trinajstić information content (AvgIpc) is 3.15. The summed E-state index contributed by atoms with van der Waals surface area (Å²) >= 11 is 0. The Morgan fingerprint density at radius 3 is 2.14 bits per heavy atom. The fourth-order valence-corrected chi connectivity index (χ4v) is 10.2. The van der Waals surface area contributed by atoms with E-state index in [2.05, 4.69) is 27.7 Å². The fourth-order valence-electron chi connectivity index (χ4n) is 10.2. The molecule has 5 aliphatic rings. The lowest BCUT2D eigenvalue weighted by atomic mass is 9.35. The Balaban J connectivity index is 1.39. The van der Waals surface area contributed by atoms with Crippen molar-refractivity contribution in [2.45, 2.75) is 122 Å². The quantitative estimate of drug-likeness (QED) is 0.334. The third-order valence-corrected chi connectivity index (χ3v) is 12.5. The van der Waals surface area contributed by atoms with Gasteiger partial charge in [0.1, 0.15) is 24.4 Å². The van der Waals surface area contributed by atoms with Gasteiger partial charge in [-0.2, -0.15) is 0 Å². The maximum absolute atomic E-state index is 11.3. The second kappa shape index (κ2) is 9.12. The van der Waals surface area contributed by atoms with Crippen LogP contribution in [0.2, 0.25) is 0 Å². The summed E-state index contributed by atoms with van der Waals surface area (Å²) in [5.41, 5.74) is -0.288. The normalized spacial score (nSPS) is 59.2. The maximum atomic E-state index is 11.3. The van der Waals surface area contributed by atoms with Crippen LogP contribution in [0.15, 0.2) is 0 Å². The molecule has 8 heteroatoms. The van der Waals surface area contributed by atoms with Gasteiger partial charge in [-0.25, -0.2) is 0 Å². The number of hydrogen-bond acceptors (Lipinski definition) is 8. The van der Waals surface area contributed by atoms with Gasteiger partial charge >= 0.3 is 0 Å². The molecule has 1 heterocycles. The highest BCUT2D eigenvalue weighted by atomic mass is 16.7.